The maximum Gasteiger partial charge on any atom is 0.331 e. The molecule has 0 unspecified atom stereocenters. The van der Waals surface area contributed by atoms with E-state index in [1.807, 2.05) is 30.3 Å². The summed E-state index contributed by atoms with van der Waals surface area (Å²) in [6, 6.07) is 12.9. The zero-order chi connectivity index (χ0) is 16.1. The highest BCUT2D eigenvalue weighted by Crippen LogP contribution is 2.32. The second-order valence-corrected chi connectivity index (χ2v) is 4.91. The minimum Gasteiger partial charge on any atom is -0.497 e. The topological polar surface area (TPSA) is 54.0 Å². The van der Waals surface area contributed by atoms with Crippen LogP contribution in [0.25, 0.3) is 6.08 Å². The molecule has 118 valence electrons. The zero-order valence-electron chi connectivity index (χ0n) is 12.7. The predicted octanol–water partition coefficient (Wildman–Crippen LogP) is 3.18. The van der Waals surface area contributed by atoms with Gasteiger partial charge in [0.1, 0.15) is 12.4 Å². The first-order chi connectivity index (χ1) is 11.2. The minimum absolute atomic E-state index is 0.178. The van der Waals surface area contributed by atoms with Crippen molar-refractivity contribution in [2.45, 2.75) is 6.61 Å². The molecule has 1 aliphatic rings. The van der Waals surface area contributed by atoms with Crippen LogP contribution < -0.4 is 14.2 Å². The van der Waals surface area contributed by atoms with E-state index < -0.39 is 5.97 Å². The molecule has 2 aromatic carbocycles. The van der Waals surface area contributed by atoms with Crippen molar-refractivity contribution in [3.63, 3.8) is 0 Å². The lowest BCUT2D eigenvalue weighted by atomic mass is 10.2. The summed E-state index contributed by atoms with van der Waals surface area (Å²) < 4.78 is 20.9. The van der Waals surface area contributed by atoms with Crippen LogP contribution in [-0.2, 0) is 16.1 Å². The molecule has 23 heavy (non-hydrogen) atoms. The van der Waals surface area contributed by atoms with Gasteiger partial charge >= 0.3 is 5.97 Å². The van der Waals surface area contributed by atoms with Crippen LogP contribution in [0.2, 0.25) is 0 Å². The summed E-state index contributed by atoms with van der Waals surface area (Å²) in [5.74, 6) is 1.70. The number of hydrogen-bond donors (Lipinski definition) is 0. The van der Waals surface area contributed by atoms with E-state index in [2.05, 4.69) is 0 Å². The molecule has 2 aromatic rings. The molecule has 0 atom stereocenters. The molecule has 5 nitrogen and oxygen atoms in total. The van der Waals surface area contributed by atoms with Crippen LogP contribution in [0, 0.1) is 0 Å². The van der Waals surface area contributed by atoms with E-state index in [0.717, 1.165) is 16.9 Å². The van der Waals surface area contributed by atoms with Crippen LogP contribution in [0.15, 0.2) is 48.5 Å². The third-order valence-corrected chi connectivity index (χ3v) is 3.32. The van der Waals surface area contributed by atoms with Crippen molar-refractivity contribution in [1.29, 1.82) is 0 Å². The summed E-state index contributed by atoms with van der Waals surface area (Å²) in [6.45, 7) is 0.403. The molecule has 0 saturated heterocycles. The molecule has 0 spiro atoms. The Balaban J connectivity index is 1.56. The Morgan fingerprint density at radius 3 is 2.91 bits per heavy atom. The van der Waals surface area contributed by atoms with Gasteiger partial charge in [0.25, 0.3) is 0 Å². The van der Waals surface area contributed by atoms with Crippen molar-refractivity contribution in [2.24, 2.45) is 0 Å². The lowest BCUT2D eigenvalue weighted by molar-refractivity contribution is -0.138. The first kappa shape index (κ1) is 15.0. The van der Waals surface area contributed by atoms with Crippen molar-refractivity contribution >= 4 is 12.0 Å². The van der Waals surface area contributed by atoms with Gasteiger partial charge in [0.2, 0.25) is 6.79 Å². The number of carbonyl (C=O) groups excluding carboxylic acids is 1. The number of rotatable bonds is 5. The molecule has 0 saturated carbocycles. The SMILES string of the molecule is COc1cccc(/C=C/C(=O)OCc2ccc3c(c2)OCO3)c1. The van der Waals surface area contributed by atoms with Crippen molar-refractivity contribution in [3.8, 4) is 17.2 Å². The number of hydrogen-bond acceptors (Lipinski definition) is 5. The van der Waals surface area contributed by atoms with Crippen molar-refractivity contribution in [1.82, 2.24) is 0 Å². The molecule has 0 bridgehead atoms. The van der Waals surface area contributed by atoms with Crippen LogP contribution in [0.1, 0.15) is 11.1 Å². The molecule has 0 N–H and O–H groups in total. The quantitative estimate of drug-likeness (QED) is 0.627. The molecule has 5 heteroatoms. The second kappa shape index (κ2) is 6.87. The number of carbonyl (C=O) groups is 1. The summed E-state index contributed by atoms with van der Waals surface area (Å²) in [5.41, 5.74) is 1.71. The van der Waals surface area contributed by atoms with Gasteiger partial charge in [0.15, 0.2) is 11.5 Å². The van der Waals surface area contributed by atoms with Crippen LogP contribution in [0.3, 0.4) is 0 Å². The first-order valence-corrected chi connectivity index (χ1v) is 7.12. The van der Waals surface area contributed by atoms with Crippen LogP contribution in [0.5, 0.6) is 17.2 Å². The van der Waals surface area contributed by atoms with Crippen LogP contribution in [-0.4, -0.2) is 19.9 Å². The van der Waals surface area contributed by atoms with Crippen molar-refractivity contribution < 1.29 is 23.7 Å². The third kappa shape index (κ3) is 3.83. The fourth-order valence-electron chi connectivity index (χ4n) is 2.14. The maximum atomic E-state index is 11.8. The Morgan fingerprint density at radius 1 is 1.17 bits per heavy atom. The van der Waals surface area contributed by atoms with E-state index >= 15 is 0 Å². The smallest absolute Gasteiger partial charge is 0.331 e. The highest BCUT2D eigenvalue weighted by Gasteiger charge is 2.13. The van der Waals surface area contributed by atoms with E-state index in [1.54, 1.807) is 25.3 Å². The fraction of sp³-hybridized carbons (Fsp3) is 0.167. The van der Waals surface area contributed by atoms with Gasteiger partial charge in [0.05, 0.1) is 7.11 Å². The van der Waals surface area contributed by atoms with E-state index in [4.69, 9.17) is 18.9 Å². The Morgan fingerprint density at radius 2 is 2.04 bits per heavy atom. The number of esters is 1. The van der Waals surface area contributed by atoms with Gasteiger partial charge in [0, 0.05) is 6.08 Å². The summed E-state index contributed by atoms with van der Waals surface area (Å²) in [7, 11) is 1.60. The second-order valence-electron chi connectivity index (χ2n) is 4.91. The molecule has 0 aliphatic carbocycles. The lowest BCUT2D eigenvalue weighted by Gasteiger charge is -2.04. The third-order valence-electron chi connectivity index (χ3n) is 3.32. The van der Waals surface area contributed by atoms with E-state index in [0.29, 0.717) is 11.5 Å². The summed E-state index contributed by atoms with van der Waals surface area (Å²) >= 11 is 0. The first-order valence-electron chi connectivity index (χ1n) is 7.12. The Bertz CT molecular complexity index is 736. The predicted molar refractivity (Wildman–Crippen MR) is 84.4 cm³/mol. The van der Waals surface area contributed by atoms with E-state index in [9.17, 15) is 4.79 Å². The van der Waals surface area contributed by atoms with Gasteiger partial charge in [-0.3, -0.25) is 0 Å². The van der Waals surface area contributed by atoms with Gasteiger partial charge in [-0.25, -0.2) is 4.79 Å². The van der Waals surface area contributed by atoms with Gasteiger partial charge < -0.3 is 18.9 Å². The van der Waals surface area contributed by atoms with E-state index in [-0.39, 0.29) is 13.4 Å². The monoisotopic (exact) mass is 312 g/mol. The van der Waals surface area contributed by atoms with Gasteiger partial charge in [-0.15, -0.1) is 0 Å². The summed E-state index contributed by atoms with van der Waals surface area (Å²) in [4.78, 5) is 11.8. The normalized spacial score (nSPS) is 12.4. The van der Waals surface area contributed by atoms with Gasteiger partial charge in [-0.2, -0.15) is 0 Å². The molecule has 0 radical (unpaired) electrons. The number of benzene rings is 2. The average molecular weight is 312 g/mol. The molecular formula is C18H16O5. The van der Waals surface area contributed by atoms with Crippen LogP contribution >= 0.6 is 0 Å². The molecule has 1 heterocycles. The highest BCUT2D eigenvalue weighted by atomic mass is 16.7. The van der Waals surface area contributed by atoms with Gasteiger partial charge in [-0.1, -0.05) is 18.2 Å². The number of ether oxygens (including phenoxy) is 4. The maximum absolute atomic E-state index is 11.8. The molecule has 0 amide bonds. The number of methoxy groups -OCH3 is 1. The molecule has 0 aromatic heterocycles. The van der Waals surface area contributed by atoms with Crippen molar-refractivity contribution in [3.05, 3.63) is 59.7 Å². The molecule has 3 rings (SSSR count). The Hall–Kier alpha value is -2.95. The average Bonchev–Trinajstić information content (AvgIpc) is 3.06. The Kier molecular flexibility index (Phi) is 4.47. The summed E-state index contributed by atoms with van der Waals surface area (Å²) in [5, 5.41) is 0. The minimum atomic E-state index is -0.412. The van der Waals surface area contributed by atoms with Crippen molar-refractivity contribution in [2.75, 3.05) is 13.9 Å². The largest absolute Gasteiger partial charge is 0.497 e. The molecule has 1 aliphatic heterocycles. The molecular weight excluding hydrogens is 296 g/mol. The lowest BCUT2D eigenvalue weighted by Crippen LogP contribution is -2.00. The number of fused-ring (bicyclic) bond motifs is 1. The fourth-order valence-corrected chi connectivity index (χ4v) is 2.14. The summed E-state index contributed by atoms with van der Waals surface area (Å²) in [6.07, 6.45) is 3.08. The van der Waals surface area contributed by atoms with Gasteiger partial charge in [-0.05, 0) is 41.5 Å². The standard InChI is InChI=1S/C18H16O5/c1-20-15-4-2-3-13(9-15)6-8-18(19)21-11-14-5-7-16-17(10-14)23-12-22-16/h2-10H,11-12H2,1H3/b8-6+. The zero-order valence-corrected chi connectivity index (χ0v) is 12.7. The van der Waals surface area contributed by atoms with E-state index in [1.165, 1.54) is 6.08 Å². The van der Waals surface area contributed by atoms with Crippen LogP contribution in [0.4, 0.5) is 0 Å². The Labute approximate surface area is 134 Å². The highest BCUT2D eigenvalue weighted by molar-refractivity contribution is 5.87. The molecule has 0 fully saturated rings.